The highest BCUT2D eigenvalue weighted by Gasteiger charge is 2.21. The summed E-state index contributed by atoms with van der Waals surface area (Å²) >= 11 is 6.14. The summed E-state index contributed by atoms with van der Waals surface area (Å²) < 4.78 is 18.4. The number of anilines is 1. The molecule has 0 bridgehead atoms. The van der Waals surface area contributed by atoms with Gasteiger partial charge in [0.1, 0.15) is 5.82 Å². The Morgan fingerprint density at radius 1 is 1.36 bits per heavy atom. The Bertz CT molecular complexity index is 942. The van der Waals surface area contributed by atoms with Crippen molar-refractivity contribution in [3.05, 3.63) is 52.9 Å². The molecule has 0 amide bonds. The predicted octanol–water partition coefficient (Wildman–Crippen LogP) is 3.69. The Hall–Kier alpha value is -2.93. The van der Waals surface area contributed by atoms with Crippen molar-refractivity contribution in [2.45, 2.75) is 6.92 Å². The highest BCUT2D eigenvalue weighted by atomic mass is 35.5. The maximum Gasteiger partial charge on any atom is 0.340 e. The highest BCUT2D eigenvalue weighted by molar-refractivity contribution is 6.33. The van der Waals surface area contributed by atoms with Crippen molar-refractivity contribution in [2.24, 2.45) is 0 Å². The lowest BCUT2D eigenvalue weighted by Gasteiger charge is -2.06. The van der Waals surface area contributed by atoms with Gasteiger partial charge in [-0.2, -0.15) is 0 Å². The van der Waals surface area contributed by atoms with Crippen LogP contribution in [0.1, 0.15) is 17.3 Å². The minimum absolute atomic E-state index is 0.103. The molecule has 8 heteroatoms. The molecule has 0 radical (unpaired) electrons. The monoisotopic (exact) mass is 360 g/mol. The largest absolute Gasteiger partial charge is 0.462 e. The van der Waals surface area contributed by atoms with Crippen molar-refractivity contribution in [1.29, 1.82) is 0 Å². The van der Waals surface area contributed by atoms with Crippen molar-refractivity contribution in [3.63, 3.8) is 0 Å². The summed E-state index contributed by atoms with van der Waals surface area (Å²) in [6.45, 7) is 1.93. The molecule has 0 aliphatic heterocycles. The van der Waals surface area contributed by atoms with Gasteiger partial charge in [0.15, 0.2) is 0 Å². The third-order valence-electron chi connectivity index (χ3n) is 3.46. The minimum atomic E-state index is -0.526. The zero-order valence-electron chi connectivity index (χ0n) is 13.2. The van der Waals surface area contributed by atoms with Crippen molar-refractivity contribution in [3.8, 4) is 22.6 Å². The summed E-state index contributed by atoms with van der Waals surface area (Å²) in [7, 11) is 0. The molecule has 0 unspecified atom stereocenters. The van der Waals surface area contributed by atoms with E-state index in [4.69, 9.17) is 22.1 Å². The molecule has 25 heavy (non-hydrogen) atoms. The van der Waals surface area contributed by atoms with Gasteiger partial charge in [0, 0.05) is 11.8 Å². The van der Waals surface area contributed by atoms with Gasteiger partial charge in [-0.25, -0.2) is 19.2 Å². The normalized spacial score (nSPS) is 10.7. The van der Waals surface area contributed by atoms with Crippen molar-refractivity contribution in [1.82, 2.24) is 15.0 Å². The molecule has 0 spiro atoms. The van der Waals surface area contributed by atoms with Gasteiger partial charge >= 0.3 is 5.97 Å². The number of nitrogens with one attached hydrogen (secondary N) is 1. The number of nitrogens with two attached hydrogens (primary N) is 1. The van der Waals surface area contributed by atoms with E-state index >= 15 is 0 Å². The third kappa shape index (κ3) is 3.46. The molecular weight excluding hydrogens is 347 g/mol. The maximum absolute atomic E-state index is 13.3. The molecule has 0 saturated carbocycles. The van der Waals surface area contributed by atoms with E-state index in [2.05, 4.69) is 15.0 Å². The molecule has 3 aromatic rings. The lowest BCUT2D eigenvalue weighted by Crippen LogP contribution is -2.05. The molecule has 0 fully saturated rings. The van der Waals surface area contributed by atoms with E-state index in [0.717, 1.165) is 0 Å². The number of carbonyl (C=O) groups is 1. The average molecular weight is 361 g/mol. The second-order valence-electron chi connectivity index (χ2n) is 5.12. The molecule has 0 aliphatic rings. The molecule has 2 heterocycles. The standard InChI is InChI=1S/C17H14ClFN4O2/c1-2-25-16(24)11-8-14(13-5-6-21-17(20)23-13)22-15(11)10-4-3-9(19)7-12(10)18/h3-8,22H,2H2,1H3,(H2,20,21,23). The van der Waals surface area contributed by atoms with Gasteiger partial charge in [-0.1, -0.05) is 11.6 Å². The molecule has 1 aromatic carbocycles. The zero-order valence-corrected chi connectivity index (χ0v) is 14.0. The van der Waals surface area contributed by atoms with E-state index in [9.17, 15) is 9.18 Å². The van der Waals surface area contributed by atoms with Gasteiger partial charge in [-0.05, 0) is 37.3 Å². The van der Waals surface area contributed by atoms with Gasteiger partial charge in [0.2, 0.25) is 5.95 Å². The Morgan fingerprint density at radius 2 is 2.16 bits per heavy atom. The lowest BCUT2D eigenvalue weighted by atomic mass is 10.1. The summed E-state index contributed by atoms with van der Waals surface area (Å²) in [6.07, 6.45) is 1.51. The quantitative estimate of drug-likeness (QED) is 0.692. The number of nitrogen functional groups attached to an aromatic ring is 1. The van der Waals surface area contributed by atoms with Crippen LogP contribution >= 0.6 is 11.6 Å². The SMILES string of the molecule is CCOC(=O)c1cc(-c2ccnc(N)n2)[nH]c1-c1ccc(F)cc1Cl. The molecular formula is C17H14ClFN4O2. The third-order valence-corrected chi connectivity index (χ3v) is 3.78. The number of aromatic amines is 1. The van der Waals surface area contributed by atoms with Crippen LogP contribution in [-0.2, 0) is 4.74 Å². The molecule has 6 nitrogen and oxygen atoms in total. The van der Waals surface area contributed by atoms with Crippen LogP contribution in [0.3, 0.4) is 0 Å². The fourth-order valence-corrected chi connectivity index (χ4v) is 2.65. The molecule has 128 valence electrons. The van der Waals surface area contributed by atoms with Crippen molar-refractivity contribution in [2.75, 3.05) is 12.3 Å². The average Bonchev–Trinajstić information content (AvgIpc) is 3.00. The number of esters is 1. The topological polar surface area (TPSA) is 93.9 Å². The number of benzene rings is 1. The summed E-state index contributed by atoms with van der Waals surface area (Å²) in [5.41, 5.74) is 7.80. The zero-order chi connectivity index (χ0) is 18.0. The first-order valence-corrected chi connectivity index (χ1v) is 7.82. The fraction of sp³-hybridized carbons (Fsp3) is 0.118. The highest BCUT2D eigenvalue weighted by Crippen LogP contribution is 2.33. The summed E-state index contributed by atoms with van der Waals surface area (Å²) in [6, 6.07) is 7.17. The molecule has 3 N–H and O–H groups in total. The van der Waals surface area contributed by atoms with Gasteiger partial charge in [-0.3, -0.25) is 0 Å². The lowest BCUT2D eigenvalue weighted by molar-refractivity contribution is 0.0527. The van der Waals surface area contributed by atoms with E-state index in [1.165, 1.54) is 24.4 Å². The maximum atomic E-state index is 13.3. The number of ether oxygens (including phenoxy) is 1. The summed E-state index contributed by atoms with van der Waals surface area (Å²) in [5, 5.41) is 0.168. The number of aromatic nitrogens is 3. The Morgan fingerprint density at radius 3 is 2.84 bits per heavy atom. The van der Waals surface area contributed by atoms with Crippen LogP contribution < -0.4 is 5.73 Å². The molecule has 0 saturated heterocycles. The van der Waals surface area contributed by atoms with Gasteiger partial charge in [0.05, 0.1) is 34.3 Å². The number of carbonyl (C=O) groups excluding carboxylic acids is 1. The molecule has 3 rings (SSSR count). The Kier molecular flexibility index (Phi) is 4.67. The van der Waals surface area contributed by atoms with Gasteiger partial charge < -0.3 is 15.5 Å². The smallest absolute Gasteiger partial charge is 0.340 e. The first-order chi connectivity index (χ1) is 12.0. The second-order valence-corrected chi connectivity index (χ2v) is 5.52. The number of nitrogens with zero attached hydrogens (tertiary/aromatic N) is 2. The minimum Gasteiger partial charge on any atom is -0.462 e. The number of rotatable bonds is 4. The molecule has 2 aromatic heterocycles. The van der Waals surface area contributed by atoms with E-state index in [1.54, 1.807) is 19.1 Å². The summed E-state index contributed by atoms with van der Waals surface area (Å²) in [5.74, 6) is -0.893. The van der Waals surface area contributed by atoms with Crippen molar-refractivity contribution >= 4 is 23.5 Å². The Labute approximate surface area is 147 Å². The van der Waals surface area contributed by atoms with Crippen LogP contribution in [0.15, 0.2) is 36.5 Å². The predicted molar refractivity (Wildman–Crippen MR) is 92.6 cm³/mol. The molecule has 0 atom stereocenters. The van der Waals surface area contributed by atoms with Crippen LogP contribution in [0.5, 0.6) is 0 Å². The van der Waals surface area contributed by atoms with Crippen LogP contribution in [-0.4, -0.2) is 27.5 Å². The van der Waals surface area contributed by atoms with Crippen LogP contribution in [0, 0.1) is 5.82 Å². The van der Waals surface area contributed by atoms with Crippen LogP contribution in [0.25, 0.3) is 22.6 Å². The number of H-pyrrole nitrogens is 1. The van der Waals surface area contributed by atoms with E-state index < -0.39 is 11.8 Å². The second kappa shape index (κ2) is 6.90. The van der Waals surface area contributed by atoms with Crippen LogP contribution in [0.2, 0.25) is 5.02 Å². The Balaban J connectivity index is 2.17. The molecule has 0 aliphatic carbocycles. The first kappa shape index (κ1) is 16.9. The van der Waals surface area contributed by atoms with Gasteiger partial charge in [-0.15, -0.1) is 0 Å². The number of hydrogen-bond donors (Lipinski definition) is 2. The van der Waals surface area contributed by atoms with Crippen molar-refractivity contribution < 1.29 is 13.9 Å². The van der Waals surface area contributed by atoms with Gasteiger partial charge in [0.25, 0.3) is 0 Å². The number of halogens is 2. The fourth-order valence-electron chi connectivity index (χ4n) is 2.39. The first-order valence-electron chi connectivity index (χ1n) is 7.44. The summed E-state index contributed by atoms with van der Waals surface area (Å²) in [4.78, 5) is 23.4. The number of hydrogen-bond acceptors (Lipinski definition) is 5. The van der Waals surface area contributed by atoms with E-state index in [1.807, 2.05) is 0 Å². The van der Waals surface area contributed by atoms with E-state index in [0.29, 0.717) is 22.6 Å². The van der Waals surface area contributed by atoms with Crippen LogP contribution in [0.4, 0.5) is 10.3 Å². The van der Waals surface area contributed by atoms with E-state index in [-0.39, 0.29) is 23.1 Å².